The molecule has 0 unspecified atom stereocenters. The Morgan fingerprint density at radius 3 is 2.62 bits per heavy atom. The van der Waals surface area contributed by atoms with Crippen molar-refractivity contribution in [2.24, 2.45) is 10.8 Å². The molecule has 1 aromatic heterocycles. The number of nitrogens with zero attached hydrogens (tertiary/aromatic N) is 3. The van der Waals surface area contributed by atoms with E-state index in [-0.39, 0.29) is 6.10 Å². The molecule has 1 saturated carbocycles. The molecule has 0 spiro atoms. The molecule has 0 bridgehead atoms. The van der Waals surface area contributed by atoms with Crippen LogP contribution in [-0.2, 0) is 11.2 Å². The van der Waals surface area contributed by atoms with Gasteiger partial charge in [-0.15, -0.1) is 0 Å². The third-order valence-electron chi connectivity index (χ3n) is 6.22. The molecule has 8 nitrogen and oxygen atoms in total. The number of nitrogen functional groups attached to an aromatic ring is 1. The average Bonchev–Trinajstić information content (AvgIpc) is 3.03. The summed E-state index contributed by atoms with van der Waals surface area (Å²) in [6, 6.07) is 14.7. The lowest BCUT2D eigenvalue weighted by Crippen LogP contribution is -2.31. The Hall–Kier alpha value is -3.52. The van der Waals surface area contributed by atoms with Gasteiger partial charge in [-0.2, -0.15) is 0 Å². The molecule has 3 aromatic rings. The fraction of sp³-hybridized carbons (Fsp3) is 0.385. The molecule has 0 radical (unpaired) electrons. The number of benzene rings is 2. The summed E-state index contributed by atoms with van der Waals surface area (Å²) in [5, 5.41) is 5.43. The first-order valence-electron chi connectivity index (χ1n) is 11.8. The van der Waals surface area contributed by atoms with Gasteiger partial charge < -0.3 is 20.0 Å². The molecular weight excluding hydrogens is 428 g/mol. The van der Waals surface area contributed by atoms with Gasteiger partial charge in [0.2, 0.25) is 0 Å². The van der Waals surface area contributed by atoms with Crippen molar-refractivity contribution in [2.75, 3.05) is 24.6 Å². The van der Waals surface area contributed by atoms with E-state index in [9.17, 15) is 4.79 Å². The number of rotatable bonds is 8. The van der Waals surface area contributed by atoms with Gasteiger partial charge in [0, 0.05) is 36.3 Å². The molecule has 2 aromatic carbocycles. The molecule has 0 atom stereocenters. The number of carbonyl (C=O) groups excluding carboxylic acids is 1. The summed E-state index contributed by atoms with van der Waals surface area (Å²) >= 11 is 0. The Bertz CT molecular complexity index is 1180. The average molecular weight is 463 g/mol. The fourth-order valence-corrected chi connectivity index (χ4v) is 4.39. The van der Waals surface area contributed by atoms with E-state index >= 15 is 0 Å². The maximum absolute atomic E-state index is 11.9. The summed E-state index contributed by atoms with van der Waals surface area (Å²) in [6.07, 6.45) is 5.33. The van der Waals surface area contributed by atoms with Crippen molar-refractivity contribution in [2.45, 2.75) is 51.7 Å². The minimum Gasteiger partial charge on any atom is -0.447 e. The number of aromatic nitrogens is 1. The number of fused-ring (bicyclic) bond motifs is 1. The van der Waals surface area contributed by atoms with Gasteiger partial charge >= 0.3 is 6.09 Å². The lowest BCUT2D eigenvalue weighted by atomic mass is 9.92. The second-order valence-electron chi connectivity index (χ2n) is 9.09. The highest BCUT2D eigenvalue weighted by molar-refractivity contribution is 6.01. The second-order valence-corrected chi connectivity index (χ2v) is 9.09. The number of nitrogens with two attached hydrogens (primary N) is 2. The van der Waals surface area contributed by atoms with E-state index in [0.29, 0.717) is 18.3 Å². The van der Waals surface area contributed by atoms with Crippen LogP contribution in [0.15, 0.2) is 47.5 Å². The Labute approximate surface area is 200 Å². The van der Waals surface area contributed by atoms with Crippen LogP contribution in [0.1, 0.15) is 44.7 Å². The maximum atomic E-state index is 11.9. The van der Waals surface area contributed by atoms with Crippen LogP contribution in [0.4, 0.5) is 16.2 Å². The van der Waals surface area contributed by atoms with Crippen molar-refractivity contribution >= 4 is 34.7 Å². The minimum atomic E-state index is -0.459. The molecule has 1 fully saturated rings. The van der Waals surface area contributed by atoms with Gasteiger partial charge in [-0.05, 0) is 63.3 Å². The van der Waals surface area contributed by atoms with Crippen LogP contribution in [0.3, 0.4) is 0 Å². The van der Waals surface area contributed by atoms with Crippen molar-refractivity contribution in [3.8, 4) is 11.3 Å². The van der Waals surface area contributed by atoms with Crippen LogP contribution < -0.4 is 16.9 Å². The molecule has 5 N–H and O–H groups in total. The summed E-state index contributed by atoms with van der Waals surface area (Å²) in [5.41, 5.74) is 12.6. The van der Waals surface area contributed by atoms with Crippen molar-refractivity contribution < 1.29 is 9.53 Å². The number of nitrogens with one attached hydrogen (secondary N) is 1. The molecule has 180 valence electrons. The summed E-state index contributed by atoms with van der Waals surface area (Å²) in [6.45, 7) is 4.33. The van der Waals surface area contributed by atoms with E-state index in [0.717, 1.165) is 47.1 Å². The zero-order chi connectivity index (χ0) is 24.2. The fourth-order valence-electron chi connectivity index (χ4n) is 4.39. The van der Waals surface area contributed by atoms with Gasteiger partial charge in [-0.25, -0.2) is 10.6 Å². The maximum Gasteiger partial charge on any atom is 0.411 e. The number of amides is 1. The van der Waals surface area contributed by atoms with E-state index in [1.54, 1.807) is 18.4 Å². The smallest absolute Gasteiger partial charge is 0.411 e. The zero-order valence-corrected chi connectivity index (χ0v) is 20.1. The lowest BCUT2D eigenvalue weighted by Gasteiger charge is -2.30. The number of carbonyl (C=O) groups is 1. The number of anilines is 2. The molecule has 0 saturated heterocycles. The normalized spacial score (nSPS) is 14.0. The van der Waals surface area contributed by atoms with Crippen LogP contribution in [0.5, 0.6) is 0 Å². The van der Waals surface area contributed by atoms with Crippen LogP contribution in [0.25, 0.3) is 22.2 Å². The van der Waals surface area contributed by atoms with Crippen LogP contribution in [0.2, 0.25) is 0 Å². The third-order valence-corrected chi connectivity index (χ3v) is 6.22. The molecule has 1 amide bonds. The van der Waals surface area contributed by atoms with E-state index in [1.807, 2.05) is 38.1 Å². The minimum absolute atomic E-state index is 0.171. The standard InChI is InChI=1S/C26H34N6O2/c1-17(2)34-26(33)30-20-10-8-19(9-11-20)25-24(27)22-12-7-18(13-14-31(28)16-29-3)15-23(22)32(25)21-5-4-6-21/h7-12,15-17,21H,4-6,13-14,27-28H2,1-3H3,(H,30,33). The number of hydrogen-bond acceptors (Lipinski definition) is 5. The first kappa shape index (κ1) is 23.6. The summed E-state index contributed by atoms with van der Waals surface area (Å²) in [5.74, 6) is 5.95. The SMILES string of the molecule is CN=CN(N)CCc1ccc2c(N)c(-c3ccc(NC(=O)OC(C)C)cc3)n(C3CCC3)c2c1. The van der Waals surface area contributed by atoms with Crippen LogP contribution in [-0.4, -0.2) is 41.7 Å². The van der Waals surface area contributed by atoms with E-state index < -0.39 is 6.09 Å². The van der Waals surface area contributed by atoms with Crippen molar-refractivity contribution in [3.63, 3.8) is 0 Å². The highest BCUT2D eigenvalue weighted by Crippen LogP contribution is 2.44. The number of aliphatic imine (C=N–C) groups is 1. The largest absolute Gasteiger partial charge is 0.447 e. The molecule has 0 aliphatic heterocycles. The van der Waals surface area contributed by atoms with E-state index in [2.05, 4.69) is 33.1 Å². The first-order valence-corrected chi connectivity index (χ1v) is 11.8. The molecule has 1 aliphatic rings. The van der Waals surface area contributed by atoms with E-state index in [1.165, 1.54) is 12.0 Å². The molecule has 4 rings (SSSR count). The van der Waals surface area contributed by atoms with Gasteiger partial charge in [0.1, 0.15) is 0 Å². The van der Waals surface area contributed by atoms with Gasteiger partial charge in [-0.1, -0.05) is 24.3 Å². The Morgan fingerprint density at radius 1 is 1.26 bits per heavy atom. The summed E-state index contributed by atoms with van der Waals surface area (Å²) in [7, 11) is 1.71. The predicted octanol–water partition coefficient (Wildman–Crippen LogP) is 4.95. The molecule has 1 aliphatic carbocycles. The quantitative estimate of drug-likeness (QED) is 0.190. The van der Waals surface area contributed by atoms with E-state index in [4.69, 9.17) is 16.3 Å². The Balaban J connectivity index is 1.66. The second kappa shape index (κ2) is 10.2. The predicted molar refractivity (Wildman–Crippen MR) is 139 cm³/mol. The Morgan fingerprint density at radius 2 is 2.00 bits per heavy atom. The molecule has 8 heteroatoms. The number of ether oxygens (including phenoxy) is 1. The van der Waals surface area contributed by atoms with Crippen LogP contribution >= 0.6 is 0 Å². The first-order chi connectivity index (χ1) is 16.4. The summed E-state index contributed by atoms with van der Waals surface area (Å²) in [4.78, 5) is 15.9. The topological polar surface area (TPSA) is 111 Å². The van der Waals surface area contributed by atoms with Gasteiger partial charge in [0.15, 0.2) is 0 Å². The zero-order valence-electron chi connectivity index (χ0n) is 20.1. The molecular formula is C26H34N6O2. The highest BCUT2D eigenvalue weighted by Gasteiger charge is 2.27. The lowest BCUT2D eigenvalue weighted by molar-refractivity contribution is 0.130. The Kier molecular flexibility index (Phi) is 7.07. The molecule has 1 heterocycles. The summed E-state index contributed by atoms with van der Waals surface area (Å²) < 4.78 is 7.57. The van der Waals surface area contributed by atoms with Gasteiger partial charge in [-0.3, -0.25) is 10.3 Å². The van der Waals surface area contributed by atoms with Crippen molar-refractivity contribution in [3.05, 3.63) is 48.0 Å². The third kappa shape index (κ3) is 5.02. The van der Waals surface area contributed by atoms with Gasteiger partial charge in [0.25, 0.3) is 0 Å². The number of hydrogen-bond donors (Lipinski definition) is 3. The van der Waals surface area contributed by atoms with Gasteiger partial charge in [0.05, 0.1) is 29.3 Å². The van der Waals surface area contributed by atoms with Crippen molar-refractivity contribution in [1.29, 1.82) is 0 Å². The molecule has 34 heavy (non-hydrogen) atoms. The van der Waals surface area contributed by atoms with Crippen LogP contribution in [0, 0.1) is 0 Å². The number of hydrazine groups is 1. The monoisotopic (exact) mass is 462 g/mol. The van der Waals surface area contributed by atoms with Crippen molar-refractivity contribution in [1.82, 2.24) is 9.58 Å². The highest BCUT2D eigenvalue weighted by atomic mass is 16.6.